The molecule has 0 spiro atoms. The monoisotopic (exact) mass is 393 g/mol. The number of sulfonamides is 1. The zero-order valence-corrected chi connectivity index (χ0v) is 15.9. The fourth-order valence-corrected chi connectivity index (χ4v) is 3.82. The number of rotatable bonds is 3. The second-order valence-corrected chi connectivity index (χ2v) is 8.22. The van der Waals surface area contributed by atoms with Crippen molar-refractivity contribution in [3.63, 3.8) is 0 Å². The van der Waals surface area contributed by atoms with E-state index >= 15 is 0 Å². The summed E-state index contributed by atoms with van der Waals surface area (Å²) in [4.78, 5) is 16.6. The van der Waals surface area contributed by atoms with Gasteiger partial charge in [-0.05, 0) is 36.8 Å². The molecular formula is C18H20ClN3O3S. The summed E-state index contributed by atoms with van der Waals surface area (Å²) in [6.45, 7) is 4.52. The SMILES string of the molecule is Cc1ccccc1N1CCN(C(=O)c2cc(S(N)(=O)=O)ccc2Cl)CC1. The molecule has 0 saturated carbocycles. The number of nitrogens with two attached hydrogens (primary N) is 1. The molecule has 3 rings (SSSR count). The molecule has 26 heavy (non-hydrogen) atoms. The molecule has 0 aromatic heterocycles. The van der Waals surface area contributed by atoms with Gasteiger partial charge in [0.25, 0.3) is 5.91 Å². The zero-order chi connectivity index (χ0) is 18.9. The van der Waals surface area contributed by atoms with Gasteiger partial charge in [0, 0.05) is 31.9 Å². The van der Waals surface area contributed by atoms with Gasteiger partial charge < -0.3 is 9.80 Å². The Morgan fingerprint density at radius 1 is 1.08 bits per heavy atom. The van der Waals surface area contributed by atoms with E-state index in [2.05, 4.69) is 24.0 Å². The third kappa shape index (κ3) is 3.85. The number of nitrogens with zero attached hydrogens (tertiary/aromatic N) is 2. The summed E-state index contributed by atoms with van der Waals surface area (Å²) in [5.74, 6) is -0.287. The molecule has 1 heterocycles. The fraction of sp³-hybridized carbons (Fsp3) is 0.278. The summed E-state index contributed by atoms with van der Waals surface area (Å²) in [6, 6.07) is 12.1. The van der Waals surface area contributed by atoms with Gasteiger partial charge in [-0.3, -0.25) is 4.79 Å². The van der Waals surface area contributed by atoms with Crippen LogP contribution >= 0.6 is 11.6 Å². The summed E-state index contributed by atoms with van der Waals surface area (Å²) in [7, 11) is -3.89. The number of amides is 1. The lowest BCUT2D eigenvalue weighted by Crippen LogP contribution is -2.49. The van der Waals surface area contributed by atoms with Gasteiger partial charge in [-0.1, -0.05) is 29.8 Å². The molecular weight excluding hydrogens is 374 g/mol. The second kappa shape index (κ2) is 7.26. The van der Waals surface area contributed by atoms with Gasteiger partial charge in [-0.25, -0.2) is 13.6 Å². The van der Waals surface area contributed by atoms with Gasteiger partial charge in [-0.15, -0.1) is 0 Å². The quantitative estimate of drug-likeness (QED) is 0.866. The first-order chi connectivity index (χ1) is 12.3. The molecule has 0 radical (unpaired) electrons. The highest BCUT2D eigenvalue weighted by molar-refractivity contribution is 7.89. The van der Waals surface area contributed by atoms with Gasteiger partial charge in [0.1, 0.15) is 0 Å². The van der Waals surface area contributed by atoms with Crippen molar-refractivity contribution in [2.75, 3.05) is 31.1 Å². The first-order valence-corrected chi connectivity index (χ1v) is 10.1. The number of hydrogen-bond donors (Lipinski definition) is 1. The van der Waals surface area contributed by atoms with Crippen molar-refractivity contribution in [2.45, 2.75) is 11.8 Å². The molecule has 2 aromatic rings. The van der Waals surface area contributed by atoms with Crippen molar-refractivity contribution < 1.29 is 13.2 Å². The average Bonchev–Trinajstić information content (AvgIpc) is 2.61. The van der Waals surface area contributed by atoms with Gasteiger partial charge in [-0.2, -0.15) is 0 Å². The van der Waals surface area contributed by atoms with Crippen molar-refractivity contribution in [1.29, 1.82) is 0 Å². The second-order valence-electron chi connectivity index (χ2n) is 6.25. The molecule has 0 aliphatic carbocycles. The normalized spacial score (nSPS) is 15.2. The van der Waals surface area contributed by atoms with E-state index in [0.29, 0.717) is 26.2 Å². The summed E-state index contributed by atoms with van der Waals surface area (Å²) in [5.41, 5.74) is 2.51. The number of hydrogen-bond acceptors (Lipinski definition) is 4. The molecule has 0 unspecified atom stereocenters. The van der Waals surface area contributed by atoms with Crippen molar-refractivity contribution >= 4 is 33.2 Å². The van der Waals surface area contributed by atoms with Crippen LogP contribution in [0.2, 0.25) is 5.02 Å². The molecule has 1 aliphatic rings. The minimum atomic E-state index is -3.89. The van der Waals surface area contributed by atoms with Gasteiger partial charge in [0.15, 0.2) is 0 Å². The molecule has 1 saturated heterocycles. The van der Waals surface area contributed by atoms with Gasteiger partial charge in [0.2, 0.25) is 10.0 Å². The van der Waals surface area contributed by atoms with Gasteiger partial charge in [0.05, 0.1) is 15.5 Å². The molecule has 138 valence electrons. The van der Waals surface area contributed by atoms with E-state index in [9.17, 15) is 13.2 Å². The number of benzene rings is 2. The molecule has 1 fully saturated rings. The van der Waals surface area contributed by atoms with Crippen LogP contribution in [-0.2, 0) is 10.0 Å². The molecule has 2 aromatic carbocycles. The van der Waals surface area contributed by atoms with E-state index in [4.69, 9.17) is 16.7 Å². The van der Waals surface area contributed by atoms with Crippen LogP contribution in [-0.4, -0.2) is 45.4 Å². The van der Waals surface area contributed by atoms with Crippen LogP contribution < -0.4 is 10.0 Å². The highest BCUT2D eigenvalue weighted by atomic mass is 35.5. The Labute approximate surface area is 158 Å². The highest BCUT2D eigenvalue weighted by Gasteiger charge is 2.25. The maximum absolute atomic E-state index is 12.8. The summed E-state index contributed by atoms with van der Waals surface area (Å²) in [5, 5.41) is 5.36. The molecule has 0 atom stereocenters. The van der Waals surface area contributed by atoms with E-state index in [0.717, 1.165) is 5.69 Å². The van der Waals surface area contributed by atoms with Crippen LogP contribution in [0.4, 0.5) is 5.69 Å². The molecule has 1 amide bonds. The average molecular weight is 394 g/mol. The zero-order valence-electron chi connectivity index (χ0n) is 14.4. The van der Waals surface area contributed by atoms with Crippen molar-refractivity contribution in [2.24, 2.45) is 5.14 Å². The minimum Gasteiger partial charge on any atom is -0.368 e. The Morgan fingerprint density at radius 2 is 1.73 bits per heavy atom. The number of carbonyl (C=O) groups is 1. The van der Waals surface area contributed by atoms with E-state index in [1.54, 1.807) is 4.90 Å². The predicted molar refractivity (Wildman–Crippen MR) is 102 cm³/mol. The smallest absolute Gasteiger partial charge is 0.255 e. The molecule has 2 N–H and O–H groups in total. The number of anilines is 1. The first-order valence-electron chi connectivity index (χ1n) is 8.19. The Balaban J connectivity index is 1.76. The van der Waals surface area contributed by atoms with Gasteiger partial charge >= 0.3 is 0 Å². The van der Waals surface area contributed by atoms with Crippen LogP contribution in [0.15, 0.2) is 47.4 Å². The highest BCUT2D eigenvalue weighted by Crippen LogP contribution is 2.24. The van der Waals surface area contributed by atoms with Crippen LogP contribution in [0.25, 0.3) is 0 Å². The molecule has 8 heteroatoms. The number of piperazine rings is 1. The van der Waals surface area contributed by atoms with Crippen LogP contribution in [0.5, 0.6) is 0 Å². The molecule has 1 aliphatic heterocycles. The largest absolute Gasteiger partial charge is 0.368 e. The Hall–Kier alpha value is -2.09. The third-order valence-corrected chi connectivity index (χ3v) is 5.76. The molecule has 0 bridgehead atoms. The number of para-hydroxylation sites is 1. The third-order valence-electron chi connectivity index (χ3n) is 4.52. The van der Waals surface area contributed by atoms with Crippen molar-refractivity contribution in [3.8, 4) is 0 Å². The van der Waals surface area contributed by atoms with Crippen molar-refractivity contribution in [3.05, 3.63) is 58.6 Å². The number of halogens is 1. The van der Waals surface area contributed by atoms with E-state index < -0.39 is 10.0 Å². The first kappa shape index (κ1) is 18.7. The Morgan fingerprint density at radius 3 is 2.35 bits per heavy atom. The van der Waals surface area contributed by atoms with E-state index in [-0.39, 0.29) is 21.4 Å². The maximum atomic E-state index is 12.8. The standard InChI is InChI=1S/C18H20ClN3O3S/c1-13-4-2-3-5-17(13)21-8-10-22(11-9-21)18(23)15-12-14(26(20,24)25)6-7-16(15)19/h2-7,12H,8-11H2,1H3,(H2,20,24,25). The molecule has 6 nitrogen and oxygen atoms in total. The summed E-state index contributed by atoms with van der Waals surface area (Å²) in [6.07, 6.45) is 0. The van der Waals surface area contributed by atoms with E-state index in [1.807, 2.05) is 12.1 Å². The number of primary sulfonamides is 1. The number of carbonyl (C=O) groups excluding carboxylic acids is 1. The lowest BCUT2D eigenvalue weighted by atomic mass is 10.1. The lowest BCUT2D eigenvalue weighted by Gasteiger charge is -2.37. The van der Waals surface area contributed by atoms with Crippen molar-refractivity contribution in [1.82, 2.24) is 4.90 Å². The maximum Gasteiger partial charge on any atom is 0.255 e. The Bertz CT molecular complexity index is 938. The lowest BCUT2D eigenvalue weighted by molar-refractivity contribution is 0.0746. The fourth-order valence-electron chi connectivity index (χ4n) is 3.08. The number of aryl methyl sites for hydroxylation is 1. The topological polar surface area (TPSA) is 83.7 Å². The Kier molecular flexibility index (Phi) is 5.22. The minimum absolute atomic E-state index is 0.121. The summed E-state index contributed by atoms with van der Waals surface area (Å²) < 4.78 is 23.1. The van der Waals surface area contributed by atoms with Crippen LogP contribution in [0.3, 0.4) is 0 Å². The van der Waals surface area contributed by atoms with Crippen LogP contribution in [0.1, 0.15) is 15.9 Å². The van der Waals surface area contributed by atoms with Crippen LogP contribution in [0, 0.1) is 6.92 Å². The van der Waals surface area contributed by atoms with E-state index in [1.165, 1.54) is 23.8 Å². The summed E-state index contributed by atoms with van der Waals surface area (Å²) >= 11 is 6.11. The predicted octanol–water partition coefficient (Wildman–Crippen LogP) is 2.26.